The number of carbonyl (C=O) groups excluding carboxylic acids is 1. The molecule has 0 spiro atoms. The summed E-state index contributed by atoms with van der Waals surface area (Å²) in [4.78, 5) is 14.3. The summed E-state index contributed by atoms with van der Waals surface area (Å²) in [6.45, 7) is 4.29. The average molecular weight is 321 g/mol. The average Bonchev–Trinajstić information content (AvgIpc) is 2.92. The van der Waals surface area contributed by atoms with E-state index in [0.717, 1.165) is 29.8 Å². The fraction of sp³-hybridized carbons (Fsp3) is 0.375. The number of amides is 1. The molecule has 1 aliphatic rings. The van der Waals surface area contributed by atoms with Crippen molar-refractivity contribution in [1.29, 1.82) is 0 Å². The largest absolute Gasteiger partial charge is 0.336 e. The van der Waals surface area contributed by atoms with Crippen LogP contribution < -0.4 is 5.32 Å². The van der Waals surface area contributed by atoms with Gasteiger partial charge in [-0.3, -0.25) is 9.89 Å². The fourth-order valence-corrected chi connectivity index (χ4v) is 2.62. The van der Waals surface area contributed by atoms with Gasteiger partial charge in [0.05, 0.1) is 0 Å². The number of aryl methyl sites for hydroxylation is 1. The molecule has 118 valence electrons. The third-order valence-corrected chi connectivity index (χ3v) is 3.90. The van der Waals surface area contributed by atoms with E-state index in [1.807, 2.05) is 7.05 Å². The van der Waals surface area contributed by atoms with Crippen molar-refractivity contribution in [2.45, 2.75) is 26.4 Å². The molecule has 1 aliphatic heterocycles. The first-order chi connectivity index (χ1) is 10.1. The molecule has 1 aromatic carbocycles. The first-order valence-electron chi connectivity index (χ1n) is 7.23. The molecule has 0 atom stereocenters. The van der Waals surface area contributed by atoms with Crippen molar-refractivity contribution in [2.24, 2.45) is 0 Å². The lowest BCUT2D eigenvalue weighted by atomic mass is 10.1. The van der Waals surface area contributed by atoms with Crippen molar-refractivity contribution in [2.75, 3.05) is 13.6 Å². The van der Waals surface area contributed by atoms with E-state index in [2.05, 4.69) is 46.7 Å². The second-order valence-electron chi connectivity index (χ2n) is 5.60. The van der Waals surface area contributed by atoms with E-state index in [9.17, 15) is 4.79 Å². The van der Waals surface area contributed by atoms with Gasteiger partial charge in [0.1, 0.15) is 0 Å². The molecule has 0 saturated heterocycles. The van der Waals surface area contributed by atoms with Gasteiger partial charge in [0.15, 0.2) is 5.69 Å². The molecule has 0 unspecified atom stereocenters. The van der Waals surface area contributed by atoms with Gasteiger partial charge in [-0.15, -0.1) is 12.4 Å². The van der Waals surface area contributed by atoms with Gasteiger partial charge in [-0.25, -0.2) is 0 Å². The van der Waals surface area contributed by atoms with Crippen molar-refractivity contribution < 1.29 is 4.79 Å². The SMILES string of the molecule is Cc1ccc(CN(C)C(=O)c2n[nH]c3c2CNCC3)cc1.Cl. The molecule has 2 heterocycles. The number of fused-ring (bicyclic) bond motifs is 1. The number of hydrogen-bond donors (Lipinski definition) is 2. The molecule has 1 aromatic heterocycles. The van der Waals surface area contributed by atoms with Crippen LogP contribution in [0.4, 0.5) is 0 Å². The van der Waals surface area contributed by atoms with Crippen LogP contribution in [0.5, 0.6) is 0 Å². The minimum atomic E-state index is -0.0308. The zero-order valence-corrected chi connectivity index (χ0v) is 13.7. The van der Waals surface area contributed by atoms with Crippen LogP contribution in [-0.4, -0.2) is 34.6 Å². The lowest BCUT2D eigenvalue weighted by Crippen LogP contribution is -2.29. The van der Waals surface area contributed by atoms with Crippen LogP contribution in [0.2, 0.25) is 0 Å². The van der Waals surface area contributed by atoms with Gasteiger partial charge in [0, 0.05) is 44.4 Å². The smallest absolute Gasteiger partial charge is 0.274 e. The number of hydrogen-bond acceptors (Lipinski definition) is 3. The first kappa shape index (κ1) is 16.5. The Balaban J connectivity index is 0.00000176. The molecule has 22 heavy (non-hydrogen) atoms. The number of nitrogens with zero attached hydrogens (tertiary/aromatic N) is 2. The van der Waals surface area contributed by atoms with Crippen LogP contribution in [-0.2, 0) is 19.5 Å². The summed E-state index contributed by atoms with van der Waals surface area (Å²) in [5.41, 5.74) is 4.99. The predicted molar refractivity (Wildman–Crippen MR) is 88.2 cm³/mol. The standard InChI is InChI=1S/C16H20N4O.ClH/c1-11-3-5-12(6-4-11)10-20(2)16(21)15-13-9-17-8-7-14(13)18-19-15;/h3-6,17H,7-10H2,1-2H3,(H,18,19);1H. The second kappa shape index (κ2) is 6.94. The highest BCUT2D eigenvalue weighted by atomic mass is 35.5. The van der Waals surface area contributed by atoms with Gasteiger partial charge in [0.2, 0.25) is 0 Å². The minimum absolute atomic E-state index is 0. The molecular formula is C16H21ClN4O. The lowest BCUT2D eigenvalue weighted by molar-refractivity contribution is 0.0778. The first-order valence-corrected chi connectivity index (χ1v) is 7.23. The number of rotatable bonds is 3. The van der Waals surface area contributed by atoms with E-state index in [1.54, 1.807) is 4.90 Å². The fourth-order valence-electron chi connectivity index (χ4n) is 2.62. The number of halogens is 1. The molecule has 6 heteroatoms. The molecule has 0 saturated carbocycles. The van der Waals surface area contributed by atoms with Gasteiger partial charge in [-0.05, 0) is 12.5 Å². The van der Waals surface area contributed by atoms with E-state index in [-0.39, 0.29) is 18.3 Å². The number of carbonyl (C=O) groups is 1. The van der Waals surface area contributed by atoms with Crippen molar-refractivity contribution in [1.82, 2.24) is 20.4 Å². The topological polar surface area (TPSA) is 61.0 Å². The van der Waals surface area contributed by atoms with Gasteiger partial charge in [-0.1, -0.05) is 29.8 Å². The Morgan fingerprint density at radius 1 is 1.32 bits per heavy atom. The maximum Gasteiger partial charge on any atom is 0.274 e. The Bertz CT molecular complexity index is 651. The number of benzene rings is 1. The Labute approximate surface area is 136 Å². The van der Waals surface area contributed by atoms with E-state index in [0.29, 0.717) is 18.8 Å². The molecule has 0 aliphatic carbocycles. The van der Waals surface area contributed by atoms with Crippen LogP contribution in [0.3, 0.4) is 0 Å². The summed E-state index contributed by atoms with van der Waals surface area (Å²) in [6, 6.07) is 8.24. The molecule has 0 bridgehead atoms. The summed E-state index contributed by atoms with van der Waals surface area (Å²) < 4.78 is 0. The maximum atomic E-state index is 12.6. The van der Waals surface area contributed by atoms with E-state index < -0.39 is 0 Å². The van der Waals surface area contributed by atoms with Crippen molar-refractivity contribution in [3.8, 4) is 0 Å². The lowest BCUT2D eigenvalue weighted by Gasteiger charge is -2.18. The summed E-state index contributed by atoms with van der Waals surface area (Å²) >= 11 is 0. The minimum Gasteiger partial charge on any atom is -0.336 e. The van der Waals surface area contributed by atoms with Crippen LogP contribution in [0.1, 0.15) is 32.9 Å². The van der Waals surface area contributed by atoms with Crippen molar-refractivity contribution in [3.63, 3.8) is 0 Å². The highest BCUT2D eigenvalue weighted by Crippen LogP contribution is 2.17. The number of nitrogens with one attached hydrogen (secondary N) is 2. The molecule has 3 rings (SSSR count). The molecule has 0 radical (unpaired) electrons. The van der Waals surface area contributed by atoms with Crippen molar-refractivity contribution >= 4 is 18.3 Å². The van der Waals surface area contributed by atoms with Crippen molar-refractivity contribution in [3.05, 3.63) is 52.3 Å². The Hall–Kier alpha value is -1.85. The molecule has 5 nitrogen and oxygen atoms in total. The second-order valence-corrected chi connectivity index (χ2v) is 5.60. The molecule has 2 aromatic rings. The summed E-state index contributed by atoms with van der Waals surface area (Å²) in [7, 11) is 1.82. The van der Waals surface area contributed by atoms with Gasteiger partial charge >= 0.3 is 0 Å². The van der Waals surface area contributed by atoms with Crippen LogP contribution in [0.15, 0.2) is 24.3 Å². The Morgan fingerprint density at radius 2 is 2.05 bits per heavy atom. The summed E-state index contributed by atoms with van der Waals surface area (Å²) in [5.74, 6) is -0.0308. The molecular weight excluding hydrogens is 300 g/mol. The third kappa shape index (κ3) is 3.31. The van der Waals surface area contributed by atoms with Crippen LogP contribution >= 0.6 is 12.4 Å². The number of H-pyrrole nitrogens is 1. The highest BCUT2D eigenvalue weighted by molar-refractivity contribution is 5.93. The summed E-state index contributed by atoms with van der Waals surface area (Å²) in [6.07, 6.45) is 0.900. The Morgan fingerprint density at radius 3 is 2.77 bits per heavy atom. The number of aromatic nitrogens is 2. The molecule has 0 fully saturated rings. The van der Waals surface area contributed by atoms with Crippen LogP contribution in [0, 0.1) is 6.92 Å². The van der Waals surface area contributed by atoms with Crippen LogP contribution in [0.25, 0.3) is 0 Å². The van der Waals surface area contributed by atoms with E-state index in [1.165, 1.54) is 5.56 Å². The van der Waals surface area contributed by atoms with E-state index >= 15 is 0 Å². The molecule has 2 N–H and O–H groups in total. The predicted octanol–water partition coefficient (Wildman–Crippen LogP) is 2.06. The zero-order chi connectivity index (χ0) is 14.8. The highest BCUT2D eigenvalue weighted by Gasteiger charge is 2.23. The van der Waals surface area contributed by atoms with Gasteiger partial charge < -0.3 is 10.2 Å². The molecule has 1 amide bonds. The summed E-state index contributed by atoms with van der Waals surface area (Å²) in [5, 5.41) is 10.5. The normalized spacial score (nSPS) is 13.2. The number of aromatic amines is 1. The quantitative estimate of drug-likeness (QED) is 0.910. The van der Waals surface area contributed by atoms with E-state index in [4.69, 9.17) is 0 Å². The monoisotopic (exact) mass is 320 g/mol. The van der Waals surface area contributed by atoms with Gasteiger partial charge in [-0.2, -0.15) is 5.10 Å². The van der Waals surface area contributed by atoms with Gasteiger partial charge in [0.25, 0.3) is 5.91 Å². The zero-order valence-electron chi connectivity index (χ0n) is 12.8. The maximum absolute atomic E-state index is 12.6. The third-order valence-electron chi connectivity index (χ3n) is 3.90. The Kier molecular flexibility index (Phi) is 5.21.